The van der Waals surface area contributed by atoms with E-state index in [1.54, 1.807) is 0 Å². The van der Waals surface area contributed by atoms with Gasteiger partial charge >= 0.3 is 0 Å². The fraction of sp³-hybridized carbons (Fsp3) is 1.00. The van der Waals surface area contributed by atoms with Crippen LogP contribution in [0.25, 0.3) is 0 Å². The van der Waals surface area contributed by atoms with E-state index in [-0.39, 0.29) is 0 Å². The maximum atomic E-state index is 5.75. The quantitative estimate of drug-likeness (QED) is 0.550. The molecule has 0 fully saturated rings. The van der Waals surface area contributed by atoms with Gasteiger partial charge in [0.25, 0.3) is 0 Å². The Hall–Kier alpha value is -0.120. The van der Waals surface area contributed by atoms with Crippen molar-refractivity contribution >= 4 is 0 Å². The van der Waals surface area contributed by atoms with Crippen LogP contribution >= 0.6 is 0 Å². The van der Waals surface area contributed by atoms with Crippen LogP contribution in [0, 0.1) is 11.8 Å². The second-order valence-corrected chi connectivity index (χ2v) is 5.50. The molecule has 5 N–H and O–H groups in total. The van der Waals surface area contributed by atoms with Gasteiger partial charge in [0.15, 0.2) is 0 Å². The Morgan fingerprint density at radius 2 is 1.59 bits per heavy atom. The van der Waals surface area contributed by atoms with Crippen LogP contribution in [-0.2, 0) is 0 Å². The second kappa shape index (κ2) is 9.86. The minimum absolute atomic E-state index is 0.554. The van der Waals surface area contributed by atoms with Crippen molar-refractivity contribution in [1.82, 2.24) is 5.32 Å². The number of nitrogens with two attached hydrogens (primary N) is 2. The van der Waals surface area contributed by atoms with Crippen LogP contribution in [-0.4, -0.2) is 25.2 Å². The van der Waals surface area contributed by atoms with Gasteiger partial charge in [-0.1, -0.05) is 27.2 Å². The minimum Gasteiger partial charge on any atom is -0.330 e. The molecule has 17 heavy (non-hydrogen) atoms. The zero-order valence-corrected chi connectivity index (χ0v) is 12.2. The van der Waals surface area contributed by atoms with E-state index in [0.717, 1.165) is 13.1 Å². The lowest BCUT2D eigenvalue weighted by Gasteiger charge is -2.26. The molecule has 0 bridgehead atoms. The van der Waals surface area contributed by atoms with Crippen molar-refractivity contribution in [3.05, 3.63) is 0 Å². The lowest BCUT2D eigenvalue weighted by molar-refractivity contribution is 0.324. The lowest BCUT2D eigenvalue weighted by Crippen LogP contribution is -2.39. The number of nitrogens with one attached hydrogen (secondary N) is 1. The highest BCUT2D eigenvalue weighted by atomic mass is 14.9. The average Bonchev–Trinajstić information content (AvgIpc) is 2.34. The summed E-state index contributed by atoms with van der Waals surface area (Å²) in [5.41, 5.74) is 11.4. The van der Waals surface area contributed by atoms with Crippen molar-refractivity contribution in [1.29, 1.82) is 0 Å². The summed E-state index contributed by atoms with van der Waals surface area (Å²) >= 11 is 0. The highest BCUT2D eigenvalue weighted by Crippen LogP contribution is 2.13. The fourth-order valence-electron chi connectivity index (χ4n) is 2.33. The number of rotatable bonds is 10. The van der Waals surface area contributed by atoms with Gasteiger partial charge < -0.3 is 16.8 Å². The Morgan fingerprint density at radius 1 is 0.941 bits per heavy atom. The average molecular weight is 243 g/mol. The minimum atomic E-state index is 0.554. The van der Waals surface area contributed by atoms with Gasteiger partial charge in [0, 0.05) is 12.1 Å². The van der Waals surface area contributed by atoms with Crippen LogP contribution in [0.1, 0.15) is 53.4 Å². The first-order valence-electron chi connectivity index (χ1n) is 7.23. The van der Waals surface area contributed by atoms with Crippen molar-refractivity contribution in [3.8, 4) is 0 Å². The molecular formula is C14H33N3. The normalized spacial score (nSPS) is 18.7. The molecule has 0 saturated carbocycles. The molecule has 0 aliphatic rings. The topological polar surface area (TPSA) is 64.1 Å². The van der Waals surface area contributed by atoms with Crippen LogP contribution in [0.5, 0.6) is 0 Å². The van der Waals surface area contributed by atoms with E-state index in [2.05, 4.69) is 33.0 Å². The maximum Gasteiger partial charge on any atom is 0.00699 e. The molecule has 0 aliphatic heterocycles. The Kier molecular flexibility index (Phi) is 9.79. The van der Waals surface area contributed by atoms with Crippen LogP contribution < -0.4 is 16.8 Å². The summed E-state index contributed by atoms with van der Waals surface area (Å²) in [7, 11) is 0. The molecule has 0 amide bonds. The largest absolute Gasteiger partial charge is 0.330 e. The SMILES string of the molecule is CCC(CN)CC(C)NC(CC)CC(C)CN. The standard InChI is InChI=1S/C14H33N3/c1-5-13(10-16)8-12(4)17-14(6-2)7-11(3)9-15/h11-14,17H,5-10,15-16H2,1-4H3. The zero-order chi connectivity index (χ0) is 13.3. The van der Waals surface area contributed by atoms with Gasteiger partial charge in [0.05, 0.1) is 0 Å². The van der Waals surface area contributed by atoms with Crippen molar-refractivity contribution in [2.24, 2.45) is 23.3 Å². The predicted octanol–water partition coefficient (Wildman–Crippen LogP) is 2.10. The molecule has 0 saturated heterocycles. The molecule has 0 aliphatic carbocycles. The van der Waals surface area contributed by atoms with Crippen LogP contribution in [0.3, 0.4) is 0 Å². The van der Waals surface area contributed by atoms with Crippen LogP contribution in [0.4, 0.5) is 0 Å². The van der Waals surface area contributed by atoms with E-state index in [1.165, 1.54) is 25.7 Å². The molecule has 0 aromatic rings. The van der Waals surface area contributed by atoms with E-state index in [4.69, 9.17) is 11.5 Å². The molecule has 104 valence electrons. The molecule has 4 atom stereocenters. The summed E-state index contributed by atoms with van der Waals surface area (Å²) in [6.07, 6.45) is 4.71. The van der Waals surface area contributed by atoms with Gasteiger partial charge in [-0.25, -0.2) is 0 Å². The number of hydrogen-bond donors (Lipinski definition) is 3. The smallest absolute Gasteiger partial charge is 0.00699 e. The Bertz CT molecular complexity index is 169. The number of hydrogen-bond acceptors (Lipinski definition) is 3. The molecule has 0 aromatic heterocycles. The van der Waals surface area contributed by atoms with Gasteiger partial charge in [-0.2, -0.15) is 0 Å². The molecule has 3 heteroatoms. The van der Waals surface area contributed by atoms with Gasteiger partial charge in [-0.3, -0.25) is 0 Å². The Morgan fingerprint density at radius 3 is 2.00 bits per heavy atom. The molecule has 0 heterocycles. The highest BCUT2D eigenvalue weighted by molar-refractivity contribution is 4.75. The molecule has 4 unspecified atom stereocenters. The molecule has 0 spiro atoms. The first-order chi connectivity index (χ1) is 8.07. The van der Waals surface area contributed by atoms with E-state index < -0.39 is 0 Å². The molecule has 0 aromatic carbocycles. The molecule has 0 rings (SSSR count). The summed E-state index contributed by atoms with van der Waals surface area (Å²) in [6, 6.07) is 1.15. The van der Waals surface area contributed by atoms with Gasteiger partial charge in [0.2, 0.25) is 0 Å². The van der Waals surface area contributed by atoms with Gasteiger partial charge in [0.1, 0.15) is 0 Å². The summed E-state index contributed by atoms with van der Waals surface area (Å²) in [4.78, 5) is 0. The first kappa shape index (κ1) is 16.9. The fourth-order valence-corrected chi connectivity index (χ4v) is 2.33. The Balaban J connectivity index is 4.00. The summed E-state index contributed by atoms with van der Waals surface area (Å²) < 4.78 is 0. The highest BCUT2D eigenvalue weighted by Gasteiger charge is 2.15. The van der Waals surface area contributed by atoms with Crippen molar-refractivity contribution < 1.29 is 0 Å². The van der Waals surface area contributed by atoms with E-state index in [0.29, 0.717) is 23.9 Å². The first-order valence-corrected chi connectivity index (χ1v) is 7.23. The summed E-state index contributed by atoms with van der Waals surface area (Å²) in [5.74, 6) is 1.26. The molecular weight excluding hydrogens is 210 g/mol. The molecule has 3 nitrogen and oxygen atoms in total. The van der Waals surface area contributed by atoms with Crippen LogP contribution in [0.2, 0.25) is 0 Å². The third-order valence-corrected chi connectivity index (χ3v) is 3.70. The van der Waals surface area contributed by atoms with Crippen molar-refractivity contribution in [2.45, 2.75) is 65.5 Å². The summed E-state index contributed by atoms with van der Waals surface area (Å²) in [5, 5.41) is 3.72. The van der Waals surface area contributed by atoms with E-state index >= 15 is 0 Å². The van der Waals surface area contributed by atoms with E-state index in [1.807, 2.05) is 0 Å². The van der Waals surface area contributed by atoms with Crippen molar-refractivity contribution in [2.75, 3.05) is 13.1 Å². The van der Waals surface area contributed by atoms with Crippen LogP contribution in [0.15, 0.2) is 0 Å². The van der Waals surface area contributed by atoms with Gasteiger partial charge in [-0.15, -0.1) is 0 Å². The predicted molar refractivity (Wildman–Crippen MR) is 77.0 cm³/mol. The molecule has 0 radical (unpaired) electrons. The second-order valence-electron chi connectivity index (χ2n) is 5.50. The third kappa shape index (κ3) is 7.74. The summed E-state index contributed by atoms with van der Waals surface area (Å²) in [6.45, 7) is 10.6. The zero-order valence-electron chi connectivity index (χ0n) is 12.2. The van der Waals surface area contributed by atoms with Gasteiger partial charge in [-0.05, 0) is 51.1 Å². The van der Waals surface area contributed by atoms with Crippen molar-refractivity contribution in [3.63, 3.8) is 0 Å². The Labute approximate surface area is 108 Å². The van der Waals surface area contributed by atoms with E-state index in [9.17, 15) is 0 Å². The monoisotopic (exact) mass is 243 g/mol. The maximum absolute atomic E-state index is 5.75. The third-order valence-electron chi connectivity index (χ3n) is 3.70. The lowest BCUT2D eigenvalue weighted by atomic mass is 9.95.